The van der Waals surface area contributed by atoms with Gasteiger partial charge in [0, 0.05) is 44.1 Å². The van der Waals surface area contributed by atoms with Gasteiger partial charge >= 0.3 is 0 Å². The third-order valence-electron chi connectivity index (χ3n) is 10.4. The number of hydrogen-bond acceptors (Lipinski definition) is 6. The van der Waals surface area contributed by atoms with E-state index < -0.39 is 35.1 Å². The maximum atomic E-state index is 14.9. The van der Waals surface area contributed by atoms with Crippen LogP contribution in [0.4, 0.5) is 11.4 Å². The number of aliphatic hydroxyl groups excluding tert-OH is 1. The summed E-state index contributed by atoms with van der Waals surface area (Å²) in [6, 6.07) is 16.0. The molecule has 2 aromatic rings. The van der Waals surface area contributed by atoms with Crippen molar-refractivity contribution in [2.75, 3.05) is 42.6 Å². The van der Waals surface area contributed by atoms with Gasteiger partial charge in [-0.3, -0.25) is 14.4 Å². The van der Waals surface area contributed by atoms with Crippen molar-refractivity contribution in [3.63, 3.8) is 0 Å². The van der Waals surface area contributed by atoms with Gasteiger partial charge in [-0.1, -0.05) is 68.5 Å². The van der Waals surface area contributed by atoms with Crippen LogP contribution in [0.25, 0.3) is 0 Å². The lowest BCUT2D eigenvalue weighted by Gasteiger charge is -2.41. The molecule has 9 nitrogen and oxygen atoms in total. The highest BCUT2D eigenvalue weighted by molar-refractivity contribution is 6.06. The van der Waals surface area contributed by atoms with Gasteiger partial charge in [-0.05, 0) is 56.5 Å². The fourth-order valence-electron chi connectivity index (χ4n) is 8.10. The molecule has 0 bridgehead atoms. The maximum Gasteiger partial charge on any atom is 0.253 e. The molecule has 3 amide bonds. The molecule has 2 aromatic carbocycles. The van der Waals surface area contributed by atoms with E-state index in [1.54, 1.807) is 14.7 Å². The minimum Gasteiger partial charge on any atom is -0.394 e. The van der Waals surface area contributed by atoms with Gasteiger partial charge in [0.05, 0.1) is 30.1 Å². The zero-order valence-electron chi connectivity index (χ0n) is 27.5. The van der Waals surface area contributed by atoms with Crippen LogP contribution in [0.2, 0.25) is 0 Å². The van der Waals surface area contributed by atoms with Gasteiger partial charge in [0.15, 0.2) is 0 Å². The Morgan fingerprint density at radius 3 is 2.20 bits per heavy atom. The van der Waals surface area contributed by atoms with Crippen molar-refractivity contribution < 1.29 is 24.2 Å². The predicted octanol–water partition coefficient (Wildman–Crippen LogP) is 4.02. The molecule has 4 aliphatic rings. The summed E-state index contributed by atoms with van der Waals surface area (Å²) in [5.41, 5.74) is 0.281. The Labute approximate surface area is 272 Å². The normalized spacial score (nSPS) is 29.5. The Kier molecular flexibility index (Phi) is 8.59. The summed E-state index contributed by atoms with van der Waals surface area (Å²) in [5, 5.41) is 10.6. The van der Waals surface area contributed by atoms with Crippen LogP contribution in [-0.2, 0) is 25.7 Å². The fourth-order valence-corrected chi connectivity index (χ4v) is 8.10. The summed E-state index contributed by atoms with van der Waals surface area (Å²) in [6.07, 6.45) is 7.60. The summed E-state index contributed by atoms with van der Waals surface area (Å²) >= 11 is 0. The van der Waals surface area contributed by atoms with Gasteiger partial charge < -0.3 is 29.4 Å². The van der Waals surface area contributed by atoms with Crippen molar-refractivity contribution in [1.82, 2.24) is 9.80 Å². The van der Waals surface area contributed by atoms with Crippen molar-refractivity contribution in [3.8, 4) is 0 Å². The number of nitrogens with zero attached hydrogens (tertiary/aromatic N) is 4. The van der Waals surface area contributed by atoms with E-state index in [1.807, 2.05) is 99.7 Å². The van der Waals surface area contributed by atoms with Gasteiger partial charge in [0.1, 0.15) is 11.6 Å². The minimum absolute atomic E-state index is 0.141. The molecular weight excluding hydrogens is 580 g/mol. The molecule has 244 valence electrons. The summed E-state index contributed by atoms with van der Waals surface area (Å²) in [5.74, 6) is -2.71. The van der Waals surface area contributed by atoms with Crippen LogP contribution in [0.15, 0.2) is 78.9 Å². The number of rotatable bonds is 9. The first-order valence-electron chi connectivity index (χ1n) is 16.6. The molecule has 0 saturated carbocycles. The number of hydrogen-bond donors (Lipinski definition) is 1. The van der Waals surface area contributed by atoms with E-state index in [1.165, 1.54) is 0 Å². The van der Waals surface area contributed by atoms with Crippen molar-refractivity contribution >= 4 is 29.1 Å². The second-order valence-corrected chi connectivity index (χ2v) is 13.4. The van der Waals surface area contributed by atoms with Crippen LogP contribution in [0.5, 0.6) is 0 Å². The Morgan fingerprint density at radius 2 is 1.57 bits per heavy atom. The van der Waals surface area contributed by atoms with Crippen LogP contribution >= 0.6 is 0 Å². The molecule has 4 heterocycles. The maximum absolute atomic E-state index is 14.9. The van der Waals surface area contributed by atoms with Gasteiger partial charge in [-0.25, -0.2) is 0 Å². The molecule has 1 unspecified atom stereocenters. The lowest BCUT2D eigenvalue weighted by molar-refractivity contribution is -0.152. The molecule has 46 heavy (non-hydrogen) atoms. The Balaban J connectivity index is 1.43. The summed E-state index contributed by atoms with van der Waals surface area (Å²) < 4.78 is 6.99. The first-order valence-corrected chi connectivity index (χ1v) is 16.6. The standard InChI is InChI=1S/C37H46N4O5/c1-6-38(7-2)27-15-17-28(18-16-27)40-22-12-20-37-31(34(44)41(32(37)35(40)45)29(24-42)25(3)4)30-33(43)39(21-11-19-36(30,5)46-37)23-26-13-9-8-10-14-26/h8-20,25,29-32,42H,6-7,21-24H2,1-5H3/t29-,30+,31-,32?,36-,37-/m0/s1. The zero-order chi connectivity index (χ0) is 32.8. The number of benzene rings is 2. The molecule has 1 spiro atoms. The number of aliphatic hydroxyl groups is 1. The average Bonchev–Trinajstić information content (AvgIpc) is 3.32. The Hall–Kier alpha value is -3.95. The van der Waals surface area contributed by atoms with Crippen molar-refractivity contribution in [1.29, 1.82) is 0 Å². The molecular formula is C37H46N4O5. The van der Waals surface area contributed by atoms with E-state index in [4.69, 9.17) is 4.74 Å². The molecule has 4 aliphatic heterocycles. The topological polar surface area (TPSA) is 93.6 Å². The van der Waals surface area contributed by atoms with E-state index in [-0.39, 0.29) is 36.8 Å². The average molecular weight is 627 g/mol. The van der Waals surface area contributed by atoms with Crippen LogP contribution < -0.4 is 9.80 Å². The zero-order valence-corrected chi connectivity index (χ0v) is 27.5. The van der Waals surface area contributed by atoms with Crippen molar-refractivity contribution in [3.05, 3.63) is 84.5 Å². The van der Waals surface area contributed by atoms with E-state index in [2.05, 4.69) is 18.7 Å². The molecule has 0 aromatic heterocycles. The van der Waals surface area contributed by atoms with Crippen molar-refractivity contribution in [2.45, 2.75) is 64.4 Å². The van der Waals surface area contributed by atoms with E-state index >= 15 is 0 Å². The molecule has 6 atom stereocenters. The first kappa shape index (κ1) is 32.0. The molecule has 9 heteroatoms. The molecule has 2 saturated heterocycles. The molecule has 1 N–H and O–H groups in total. The number of ether oxygens (including phenoxy) is 1. The summed E-state index contributed by atoms with van der Waals surface area (Å²) in [6.45, 7) is 12.4. The lowest BCUT2D eigenvalue weighted by atomic mass is 9.74. The molecule has 0 aliphatic carbocycles. The number of carbonyl (C=O) groups excluding carboxylic acids is 3. The van der Waals surface area contributed by atoms with Gasteiger partial charge in [0.2, 0.25) is 11.8 Å². The van der Waals surface area contributed by atoms with Gasteiger partial charge in [0.25, 0.3) is 5.91 Å². The quantitative estimate of drug-likeness (QED) is 0.423. The van der Waals surface area contributed by atoms with Crippen LogP contribution in [0, 0.1) is 17.8 Å². The van der Waals surface area contributed by atoms with Crippen LogP contribution in [0.1, 0.15) is 40.2 Å². The summed E-state index contributed by atoms with van der Waals surface area (Å²) in [7, 11) is 0. The Morgan fingerprint density at radius 1 is 0.891 bits per heavy atom. The van der Waals surface area contributed by atoms with E-state index in [9.17, 15) is 19.5 Å². The van der Waals surface area contributed by atoms with E-state index in [0.29, 0.717) is 18.8 Å². The molecule has 2 fully saturated rings. The third kappa shape index (κ3) is 5.04. The number of anilines is 2. The van der Waals surface area contributed by atoms with Crippen LogP contribution in [0.3, 0.4) is 0 Å². The second-order valence-electron chi connectivity index (χ2n) is 13.4. The van der Waals surface area contributed by atoms with Crippen LogP contribution in [-0.4, -0.2) is 88.7 Å². The largest absolute Gasteiger partial charge is 0.394 e. The number of carbonyl (C=O) groups is 3. The number of fused-ring (bicyclic) bond motifs is 2. The highest BCUT2D eigenvalue weighted by Crippen LogP contribution is 2.58. The number of likely N-dealkylation sites (tertiary alicyclic amines) is 1. The monoisotopic (exact) mass is 626 g/mol. The second kappa shape index (κ2) is 12.3. The van der Waals surface area contributed by atoms with Gasteiger partial charge in [-0.2, -0.15) is 0 Å². The summed E-state index contributed by atoms with van der Waals surface area (Å²) in [4.78, 5) is 51.4. The third-order valence-corrected chi connectivity index (χ3v) is 10.4. The Bertz CT molecular complexity index is 1520. The van der Waals surface area contributed by atoms with E-state index in [0.717, 1.165) is 24.3 Å². The highest BCUT2D eigenvalue weighted by atomic mass is 16.5. The number of amides is 3. The lowest BCUT2D eigenvalue weighted by Crippen LogP contribution is -2.59. The molecule has 0 radical (unpaired) electrons. The fraction of sp³-hybridized carbons (Fsp3) is 0.486. The smallest absolute Gasteiger partial charge is 0.253 e. The SMILES string of the molecule is CCN(CC)c1ccc(N2CC=C[C@]34O[C@@]5(C)C=CCN(Cc6ccccc6)C(=O)[C@H]5[C@H]3C(=O)N([C@@H](CO)C(C)C)C4C2=O)cc1. The van der Waals surface area contributed by atoms with Crippen molar-refractivity contribution in [2.24, 2.45) is 17.8 Å². The predicted molar refractivity (Wildman–Crippen MR) is 178 cm³/mol. The molecule has 6 rings (SSSR count). The minimum atomic E-state index is -1.39. The van der Waals surface area contributed by atoms with Gasteiger partial charge in [-0.15, -0.1) is 0 Å². The highest BCUT2D eigenvalue weighted by Gasteiger charge is 2.75. The first-order chi connectivity index (χ1) is 22.1.